The van der Waals surface area contributed by atoms with Crippen LogP contribution in [0, 0.1) is 0 Å². The minimum Gasteiger partial charge on any atom is -0.370 e. The highest BCUT2D eigenvalue weighted by molar-refractivity contribution is 6.05. The number of benzene rings is 2. The molecule has 2 aromatic rings. The van der Waals surface area contributed by atoms with E-state index in [1.807, 2.05) is 36.4 Å². The fourth-order valence-electron chi connectivity index (χ4n) is 2.10. The van der Waals surface area contributed by atoms with Crippen molar-refractivity contribution < 1.29 is 4.79 Å². The molecule has 0 aliphatic carbocycles. The molecule has 2 aromatic carbocycles. The van der Waals surface area contributed by atoms with Gasteiger partial charge in [0.05, 0.1) is 0 Å². The molecule has 114 valence electrons. The Balaban J connectivity index is 1.68. The average molecular weight is 295 g/mol. The molecule has 0 aliphatic heterocycles. The lowest BCUT2D eigenvalue weighted by molar-refractivity contribution is 0.0976. The van der Waals surface area contributed by atoms with Gasteiger partial charge in [-0.1, -0.05) is 48.5 Å². The number of guanidine groups is 1. The monoisotopic (exact) mass is 295 g/mol. The minimum absolute atomic E-state index is 0.175. The number of nitrogens with zero attached hydrogens (tertiary/aromatic N) is 1. The van der Waals surface area contributed by atoms with Crippen molar-refractivity contribution in [2.45, 2.75) is 19.3 Å². The smallest absolute Gasteiger partial charge is 0.257 e. The lowest BCUT2D eigenvalue weighted by Gasteiger charge is -2.04. The van der Waals surface area contributed by atoms with Crippen molar-refractivity contribution in [1.29, 1.82) is 0 Å². The predicted molar refractivity (Wildman–Crippen MR) is 89.8 cm³/mol. The first-order valence-corrected chi connectivity index (χ1v) is 7.46. The zero-order chi connectivity index (χ0) is 15.6. The Bertz CT molecular complexity index is 609. The van der Waals surface area contributed by atoms with Crippen LogP contribution in [0.1, 0.15) is 28.8 Å². The van der Waals surface area contributed by atoms with Crippen molar-refractivity contribution >= 4 is 11.9 Å². The molecule has 0 atom stereocenters. The second-order valence-electron chi connectivity index (χ2n) is 5.03. The van der Waals surface area contributed by atoms with Crippen molar-refractivity contribution in [2.24, 2.45) is 10.7 Å². The second kappa shape index (κ2) is 8.62. The average Bonchev–Trinajstić information content (AvgIpc) is 2.56. The summed E-state index contributed by atoms with van der Waals surface area (Å²) in [5, 5.41) is 2.59. The Hall–Kier alpha value is -2.62. The van der Waals surface area contributed by atoms with Crippen LogP contribution in [0.15, 0.2) is 65.7 Å². The summed E-state index contributed by atoms with van der Waals surface area (Å²) >= 11 is 0. The highest BCUT2D eigenvalue weighted by Gasteiger charge is 2.04. The van der Waals surface area contributed by atoms with Crippen LogP contribution in [0.5, 0.6) is 0 Å². The Morgan fingerprint density at radius 2 is 1.59 bits per heavy atom. The van der Waals surface area contributed by atoms with E-state index in [2.05, 4.69) is 22.4 Å². The molecular formula is C18H21N3O. The molecule has 0 heterocycles. The van der Waals surface area contributed by atoms with Gasteiger partial charge in [-0.3, -0.25) is 15.1 Å². The van der Waals surface area contributed by atoms with E-state index in [1.165, 1.54) is 5.56 Å². The summed E-state index contributed by atoms with van der Waals surface area (Å²) in [5.74, 6) is -0.0558. The maximum Gasteiger partial charge on any atom is 0.257 e. The highest BCUT2D eigenvalue weighted by atomic mass is 16.1. The SMILES string of the molecule is NC(=NCCCCc1ccccc1)NC(=O)c1ccccc1. The van der Waals surface area contributed by atoms with Crippen LogP contribution in [0.2, 0.25) is 0 Å². The fourth-order valence-corrected chi connectivity index (χ4v) is 2.10. The molecule has 0 fully saturated rings. The van der Waals surface area contributed by atoms with Crippen LogP contribution in [0.25, 0.3) is 0 Å². The number of aliphatic imine (C=N–C) groups is 1. The molecule has 0 saturated heterocycles. The normalized spacial score (nSPS) is 11.2. The van der Waals surface area contributed by atoms with Gasteiger partial charge >= 0.3 is 0 Å². The number of hydrogen-bond acceptors (Lipinski definition) is 2. The van der Waals surface area contributed by atoms with E-state index in [-0.39, 0.29) is 11.9 Å². The Kier molecular flexibility index (Phi) is 6.18. The van der Waals surface area contributed by atoms with Gasteiger partial charge in [0.25, 0.3) is 5.91 Å². The molecule has 0 spiro atoms. The van der Waals surface area contributed by atoms with Gasteiger partial charge in [-0.2, -0.15) is 0 Å². The van der Waals surface area contributed by atoms with E-state index >= 15 is 0 Å². The Morgan fingerprint density at radius 3 is 2.27 bits per heavy atom. The lowest BCUT2D eigenvalue weighted by atomic mass is 10.1. The van der Waals surface area contributed by atoms with Crippen molar-refractivity contribution in [3.8, 4) is 0 Å². The number of amides is 1. The van der Waals surface area contributed by atoms with Crippen LogP contribution < -0.4 is 11.1 Å². The molecule has 4 heteroatoms. The number of carbonyl (C=O) groups is 1. The van der Waals surface area contributed by atoms with Crippen LogP contribution in [0.4, 0.5) is 0 Å². The summed E-state index contributed by atoms with van der Waals surface area (Å²) in [4.78, 5) is 16.0. The molecule has 0 saturated carbocycles. The van der Waals surface area contributed by atoms with Gasteiger partial charge in [-0.15, -0.1) is 0 Å². The van der Waals surface area contributed by atoms with Crippen molar-refractivity contribution in [3.05, 3.63) is 71.8 Å². The molecule has 4 nitrogen and oxygen atoms in total. The Morgan fingerprint density at radius 1 is 0.955 bits per heavy atom. The third-order valence-corrected chi connectivity index (χ3v) is 3.28. The van der Waals surface area contributed by atoms with Gasteiger partial charge < -0.3 is 5.73 Å². The number of hydrogen-bond donors (Lipinski definition) is 2. The second-order valence-corrected chi connectivity index (χ2v) is 5.03. The maximum absolute atomic E-state index is 11.9. The first-order chi connectivity index (χ1) is 10.8. The van der Waals surface area contributed by atoms with Crippen LogP contribution in [0.3, 0.4) is 0 Å². The molecule has 0 radical (unpaired) electrons. The molecule has 0 aliphatic rings. The van der Waals surface area contributed by atoms with Gasteiger partial charge in [0.1, 0.15) is 0 Å². The number of unbranched alkanes of at least 4 members (excludes halogenated alkanes) is 1. The summed E-state index contributed by atoms with van der Waals surface area (Å²) in [6.45, 7) is 0.619. The summed E-state index contributed by atoms with van der Waals surface area (Å²) in [7, 11) is 0. The molecule has 0 bridgehead atoms. The predicted octanol–water partition coefficient (Wildman–Crippen LogP) is 2.75. The van der Waals surface area contributed by atoms with E-state index in [4.69, 9.17) is 5.73 Å². The fraction of sp³-hybridized carbons (Fsp3) is 0.222. The number of nitrogens with one attached hydrogen (secondary N) is 1. The minimum atomic E-state index is -0.230. The summed E-state index contributed by atoms with van der Waals surface area (Å²) in [6, 6.07) is 19.3. The summed E-state index contributed by atoms with van der Waals surface area (Å²) in [6.07, 6.45) is 3.02. The zero-order valence-electron chi connectivity index (χ0n) is 12.5. The van der Waals surface area contributed by atoms with Crippen molar-refractivity contribution in [2.75, 3.05) is 6.54 Å². The first-order valence-electron chi connectivity index (χ1n) is 7.46. The van der Waals surface area contributed by atoms with E-state index < -0.39 is 0 Å². The van der Waals surface area contributed by atoms with Gasteiger partial charge in [0.2, 0.25) is 0 Å². The number of aryl methyl sites for hydroxylation is 1. The molecule has 1 amide bonds. The van der Waals surface area contributed by atoms with Gasteiger partial charge in [-0.25, -0.2) is 0 Å². The quantitative estimate of drug-likeness (QED) is 0.489. The Labute approximate surface area is 131 Å². The molecule has 0 unspecified atom stereocenters. The first kappa shape index (κ1) is 15.8. The standard InChI is InChI=1S/C18H21N3O/c19-18(21-17(22)16-12-5-2-6-13-16)20-14-8-7-11-15-9-3-1-4-10-15/h1-6,9-10,12-13H,7-8,11,14H2,(H3,19,20,21,22). The van der Waals surface area contributed by atoms with E-state index in [1.54, 1.807) is 12.1 Å². The van der Waals surface area contributed by atoms with Crippen LogP contribution >= 0.6 is 0 Å². The van der Waals surface area contributed by atoms with E-state index in [0.29, 0.717) is 12.1 Å². The zero-order valence-corrected chi connectivity index (χ0v) is 12.5. The van der Waals surface area contributed by atoms with E-state index in [9.17, 15) is 4.79 Å². The maximum atomic E-state index is 11.9. The molecule has 3 N–H and O–H groups in total. The summed E-state index contributed by atoms with van der Waals surface area (Å²) in [5.41, 5.74) is 7.63. The molecule has 22 heavy (non-hydrogen) atoms. The van der Waals surface area contributed by atoms with Gasteiger partial charge in [-0.05, 0) is 37.0 Å². The third kappa shape index (κ3) is 5.40. The van der Waals surface area contributed by atoms with Gasteiger partial charge in [0, 0.05) is 12.1 Å². The van der Waals surface area contributed by atoms with E-state index in [0.717, 1.165) is 19.3 Å². The number of rotatable bonds is 6. The van der Waals surface area contributed by atoms with Crippen molar-refractivity contribution in [3.63, 3.8) is 0 Å². The summed E-state index contributed by atoms with van der Waals surface area (Å²) < 4.78 is 0. The van der Waals surface area contributed by atoms with Crippen LogP contribution in [-0.2, 0) is 6.42 Å². The van der Waals surface area contributed by atoms with Crippen LogP contribution in [-0.4, -0.2) is 18.4 Å². The molecule has 2 rings (SSSR count). The third-order valence-electron chi connectivity index (χ3n) is 3.28. The number of nitrogens with two attached hydrogens (primary N) is 1. The largest absolute Gasteiger partial charge is 0.370 e. The molecule has 0 aromatic heterocycles. The van der Waals surface area contributed by atoms with Gasteiger partial charge in [0.15, 0.2) is 5.96 Å². The van der Waals surface area contributed by atoms with Crippen molar-refractivity contribution in [1.82, 2.24) is 5.32 Å². The lowest BCUT2D eigenvalue weighted by Crippen LogP contribution is -2.36. The number of carbonyl (C=O) groups excluding carboxylic acids is 1. The topological polar surface area (TPSA) is 67.5 Å². The highest BCUT2D eigenvalue weighted by Crippen LogP contribution is 2.04. The molecular weight excluding hydrogens is 274 g/mol.